The highest BCUT2D eigenvalue weighted by molar-refractivity contribution is 7.92. The Morgan fingerprint density at radius 3 is 2.46 bits per heavy atom. The number of rotatable bonds is 9. The van der Waals surface area contributed by atoms with Crippen LogP contribution in [0.1, 0.15) is 25.8 Å². The Morgan fingerprint density at radius 1 is 1.08 bits per heavy atom. The van der Waals surface area contributed by atoms with E-state index in [1.54, 1.807) is 36.4 Å². The molecule has 0 radical (unpaired) electrons. The van der Waals surface area contributed by atoms with Crippen molar-refractivity contribution in [2.45, 2.75) is 31.6 Å². The predicted octanol–water partition coefficient (Wildman–Crippen LogP) is 2.95. The van der Waals surface area contributed by atoms with Crippen LogP contribution in [-0.4, -0.2) is 27.5 Å². The van der Waals surface area contributed by atoms with Crippen molar-refractivity contribution in [3.05, 3.63) is 54.1 Å². The molecule has 0 fully saturated rings. The van der Waals surface area contributed by atoms with Gasteiger partial charge in [-0.25, -0.2) is 8.42 Å². The van der Waals surface area contributed by atoms with Crippen molar-refractivity contribution in [3.8, 4) is 5.75 Å². The number of anilines is 1. The molecule has 140 valence electrons. The number of aryl methyl sites for hydroxylation is 1. The quantitative estimate of drug-likeness (QED) is 0.705. The number of carbonyl (C=O) groups excluding carboxylic acids is 1. The topological polar surface area (TPSA) is 84.5 Å². The molecule has 0 spiro atoms. The van der Waals surface area contributed by atoms with Crippen LogP contribution < -0.4 is 14.8 Å². The van der Waals surface area contributed by atoms with Crippen LogP contribution in [0.2, 0.25) is 0 Å². The molecule has 1 amide bonds. The normalized spacial score (nSPS) is 11.0. The maximum atomic E-state index is 12.5. The second-order valence-electron chi connectivity index (χ2n) is 5.77. The molecule has 0 unspecified atom stereocenters. The highest BCUT2D eigenvalue weighted by atomic mass is 32.2. The highest BCUT2D eigenvalue weighted by Crippen LogP contribution is 2.21. The van der Waals surface area contributed by atoms with Gasteiger partial charge in [0, 0.05) is 12.6 Å². The molecule has 6 nitrogen and oxygen atoms in total. The molecule has 0 aliphatic carbocycles. The molecule has 0 saturated carbocycles. The van der Waals surface area contributed by atoms with E-state index in [9.17, 15) is 13.2 Å². The van der Waals surface area contributed by atoms with E-state index in [4.69, 9.17) is 4.74 Å². The van der Waals surface area contributed by atoms with E-state index in [0.29, 0.717) is 18.0 Å². The first-order chi connectivity index (χ1) is 12.4. The van der Waals surface area contributed by atoms with Gasteiger partial charge in [-0.1, -0.05) is 31.5 Å². The monoisotopic (exact) mass is 376 g/mol. The number of amides is 1. The first-order valence-corrected chi connectivity index (χ1v) is 10.0. The first kappa shape index (κ1) is 19.8. The Bertz CT molecular complexity index is 833. The van der Waals surface area contributed by atoms with Crippen molar-refractivity contribution in [2.75, 3.05) is 17.9 Å². The third kappa shape index (κ3) is 5.77. The van der Waals surface area contributed by atoms with Gasteiger partial charge in [0.05, 0.1) is 10.6 Å². The zero-order chi connectivity index (χ0) is 19.0. The van der Waals surface area contributed by atoms with Crippen molar-refractivity contribution in [2.24, 2.45) is 0 Å². The fourth-order valence-corrected chi connectivity index (χ4v) is 3.43. The average molecular weight is 376 g/mol. The zero-order valence-electron chi connectivity index (χ0n) is 15.0. The lowest BCUT2D eigenvalue weighted by molar-refractivity contribution is -0.122. The SMILES string of the molecule is CCCc1ccc(S(=O)(=O)Nc2cccc(OCC(=O)NCC)c2)cc1. The van der Waals surface area contributed by atoms with Crippen LogP contribution in [0.3, 0.4) is 0 Å². The highest BCUT2D eigenvalue weighted by Gasteiger charge is 2.14. The Kier molecular flexibility index (Phi) is 7.03. The van der Waals surface area contributed by atoms with Crippen LogP contribution in [0.25, 0.3) is 0 Å². The Hall–Kier alpha value is -2.54. The smallest absolute Gasteiger partial charge is 0.261 e. The van der Waals surface area contributed by atoms with E-state index < -0.39 is 10.0 Å². The van der Waals surface area contributed by atoms with Crippen LogP contribution in [0, 0.1) is 0 Å². The molecule has 2 aromatic rings. The summed E-state index contributed by atoms with van der Waals surface area (Å²) in [4.78, 5) is 11.6. The molecule has 7 heteroatoms. The summed E-state index contributed by atoms with van der Waals surface area (Å²) in [5.41, 5.74) is 1.48. The molecular weight excluding hydrogens is 352 g/mol. The van der Waals surface area contributed by atoms with Crippen molar-refractivity contribution in [3.63, 3.8) is 0 Å². The largest absolute Gasteiger partial charge is 0.484 e. The van der Waals surface area contributed by atoms with Gasteiger partial charge in [0.1, 0.15) is 5.75 Å². The van der Waals surface area contributed by atoms with E-state index in [1.165, 1.54) is 0 Å². The summed E-state index contributed by atoms with van der Waals surface area (Å²) >= 11 is 0. The molecule has 0 saturated heterocycles. The maximum Gasteiger partial charge on any atom is 0.261 e. The lowest BCUT2D eigenvalue weighted by Crippen LogP contribution is -2.28. The van der Waals surface area contributed by atoms with Crippen LogP contribution in [0.4, 0.5) is 5.69 Å². The number of nitrogens with one attached hydrogen (secondary N) is 2. The van der Waals surface area contributed by atoms with Gasteiger partial charge in [-0.3, -0.25) is 9.52 Å². The standard InChI is InChI=1S/C19H24N2O4S/c1-3-6-15-9-11-18(12-10-15)26(23,24)21-16-7-5-8-17(13-16)25-14-19(22)20-4-2/h5,7-13,21H,3-4,6,14H2,1-2H3,(H,20,22). The average Bonchev–Trinajstić information content (AvgIpc) is 2.61. The van der Waals surface area contributed by atoms with E-state index in [-0.39, 0.29) is 17.4 Å². The fraction of sp³-hybridized carbons (Fsp3) is 0.316. The molecule has 2 rings (SSSR count). The van der Waals surface area contributed by atoms with Crippen molar-refractivity contribution in [1.82, 2.24) is 5.32 Å². The molecule has 2 aromatic carbocycles. The lowest BCUT2D eigenvalue weighted by Gasteiger charge is -2.11. The Balaban J connectivity index is 2.06. The van der Waals surface area contributed by atoms with Crippen LogP contribution in [-0.2, 0) is 21.2 Å². The molecular formula is C19H24N2O4S. The second-order valence-corrected chi connectivity index (χ2v) is 7.45. The van der Waals surface area contributed by atoms with Crippen molar-refractivity contribution < 1.29 is 17.9 Å². The van der Waals surface area contributed by atoms with Gasteiger partial charge in [0.2, 0.25) is 0 Å². The van der Waals surface area contributed by atoms with E-state index in [0.717, 1.165) is 18.4 Å². The molecule has 0 heterocycles. The van der Waals surface area contributed by atoms with Crippen LogP contribution in [0.5, 0.6) is 5.75 Å². The number of sulfonamides is 1. The molecule has 0 atom stereocenters. The molecule has 26 heavy (non-hydrogen) atoms. The Morgan fingerprint density at radius 2 is 1.81 bits per heavy atom. The van der Waals surface area contributed by atoms with Gasteiger partial charge in [0.25, 0.3) is 15.9 Å². The molecule has 0 aliphatic heterocycles. The number of benzene rings is 2. The van der Waals surface area contributed by atoms with Gasteiger partial charge < -0.3 is 10.1 Å². The van der Waals surface area contributed by atoms with Gasteiger partial charge in [0.15, 0.2) is 6.61 Å². The van der Waals surface area contributed by atoms with E-state index in [1.807, 2.05) is 19.1 Å². The number of ether oxygens (including phenoxy) is 1. The molecule has 2 N–H and O–H groups in total. The zero-order valence-corrected chi connectivity index (χ0v) is 15.8. The fourth-order valence-electron chi connectivity index (χ4n) is 2.38. The molecule has 0 bridgehead atoms. The summed E-state index contributed by atoms with van der Waals surface area (Å²) in [6, 6.07) is 13.3. The summed E-state index contributed by atoms with van der Waals surface area (Å²) in [6.45, 7) is 4.30. The van der Waals surface area contributed by atoms with Crippen LogP contribution >= 0.6 is 0 Å². The number of hydrogen-bond donors (Lipinski definition) is 2. The second kappa shape index (κ2) is 9.24. The van der Waals surface area contributed by atoms with Gasteiger partial charge in [-0.05, 0) is 43.2 Å². The predicted molar refractivity (Wildman–Crippen MR) is 102 cm³/mol. The van der Waals surface area contributed by atoms with Crippen molar-refractivity contribution >= 4 is 21.6 Å². The minimum absolute atomic E-state index is 0.122. The summed E-state index contributed by atoms with van der Waals surface area (Å²) in [5, 5.41) is 2.63. The van der Waals surface area contributed by atoms with Crippen molar-refractivity contribution in [1.29, 1.82) is 0 Å². The summed E-state index contributed by atoms with van der Waals surface area (Å²) < 4.78 is 32.9. The van der Waals surface area contributed by atoms with Gasteiger partial charge in [-0.15, -0.1) is 0 Å². The third-order valence-corrected chi connectivity index (χ3v) is 5.00. The molecule has 0 aliphatic rings. The maximum absolute atomic E-state index is 12.5. The summed E-state index contributed by atoms with van der Waals surface area (Å²) in [6.07, 6.45) is 1.92. The number of likely N-dealkylation sites (N-methyl/N-ethyl adjacent to an activating group) is 1. The minimum Gasteiger partial charge on any atom is -0.484 e. The van der Waals surface area contributed by atoms with Gasteiger partial charge >= 0.3 is 0 Å². The Labute approximate surface area is 154 Å². The molecule has 0 aromatic heterocycles. The number of hydrogen-bond acceptors (Lipinski definition) is 4. The summed E-state index contributed by atoms with van der Waals surface area (Å²) in [5.74, 6) is 0.181. The van der Waals surface area contributed by atoms with Crippen LogP contribution in [0.15, 0.2) is 53.4 Å². The minimum atomic E-state index is -3.69. The first-order valence-electron chi connectivity index (χ1n) is 8.56. The number of carbonyl (C=O) groups is 1. The summed E-state index contributed by atoms with van der Waals surface area (Å²) in [7, 11) is -3.69. The van der Waals surface area contributed by atoms with E-state index >= 15 is 0 Å². The third-order valence-electron chi connectivity index (χ3n) is 3.60. The lowest BCUT2D eigenvalue weighted by atomic mass is 10.1. The van der Waals surface area contributed by atoms with Gasteiger partial charge in [-0.2, -0.15) is 0 Å². The van der Waals surface area contributed by atoms with E-state index in [2.05, 4.69) is 17.0 Å².